The summed E-state index contributed by atoms with van der Waals surface area (Å²) >= 11 is 0. The van der Waals surface area contributed by atoms with Gasteiger partial charge in [-0.15, -0.1) is 0 Å². The molecule has 0 unspecified atom stereocenters. The van der Waals surface area contributed by atoms with Crippen molar-refractivity contribution in [3.05, 3.63) is 71.4 Å². The van der Waals surface area contributed by atoms with Crippen LogP contribution in [0.4, 0.5) is 0 Å². The predicted octanol–water partition coefficient (Wildman–Crippen LogP) is 4.02. The minimum Gasteiger partial charge on any atom is -0.361 e. The van der Waals surface area contributed by atoms with Crippen LogP contribution in [-0.4, -0.2) is 4.98 Å². The van der Waals surface area contributed by atoms with Gasteiger partial charge < -0.3 is 10.3 Å². The van der Waals surface area contributed by atoms with Crippen LogP contribution in [0.2, 0.25) is 0 Å². The average Bonchev–Trinajstić information content (AvgIpc) is 2.95. The molecule has 0 saturated heterocycles. The standard InChI is InChI=1S/C18H20N2/c1-2-14-3-5-15(6-4-14)12-19-13-16-7-8-17-9-10-20-18(17)11-16/h3-11,19-20H,2,12-13H2,1H3. The molecule has 2 nitrogen and oxygen atoms in total. The molecule has 0 fully saturated rings. The Morgan fingerprint density at radius 2 is 1.55 bits per heavy atom. The van der Waals surface area contributed by atoms with Crippen LogP contribution in [0.5, 0.6) is 0 Å². The zero-order chi connectivity index (χ0) is 13.8. The number of rotatable bonds is 5. The van der Waals surface area contributed by atoms with E-state index in [2.05, 4.69) is 65.8 Å². The Morgan fingerprint density at radius 1 is 0.850 bits per heavy atom. The molecule has 0 aliphatic carbocycles. The highest BCUT2D eigenvalue weighted by Crippen LogP contribution is 2.14. The van der Waals surface area contributed by atoms with Crippen molar-refractivity contribution in [2.45, 2.75) is 26.4 Å². The minimum atomic E-state index is 0.893. The smallest absolute Gasteiger partial charge is 0.0457 e. The summed E-state index contributed by atoms with van der Waals surface area (Å²) in [6.45, 7) is 3.99. The molecule has 2 N–H and O–H groups in total. The maximum atomic E-state index is 3.50. The van der Waals surface area contributed by atoms with Crippen molar-refractivity contribution >= 4 is 10.9 Å². The first-order valence-electron chi connectivity index (χ1n) is 7.19. The number of aryl methyl sites for hydroxylation is 1. The van der Waals surface area contributed by atoms with Gasteiger partial charge in [-0.1, -0.05) is 43.3 Å². The molecule has 0 amide bonds. The summed E-state index contributed by atoms with van der Waals surface area (Å²) in [4.78, 5) is 3.25. The summed E-state index contributed by atoms with van der Waals surface area (Å²) in [5.74, 6) is 0. The lowest BCUT2D eigenvalue weighted by Gasteiger charge is -2.06. The van der Waals surface area contributed by atoms with Gasteiger partial charge in [-0.3, -0.25) is 0 Å². The van der Waals surface area contributed by atoms with Crippen LogP contribution in [0, 0.1) is 0 Å². The summed E-state index contributed by atoms with van der Waals surface area (Å²) in [5, 5.41) is 4.77. The maximum absolute atomic E-state index is 3.50. The molecule has 2 heteroatoms. The zero-order valence-corrected chi connectivity index (χ0v) is 11.8. The third-order valence-corrected chi connectivity index (χ3v) is 3.71. The number of fused-ring (bicyclic) bond motifs is 1. The molecule has 0 bridgehead atoms. The number of aromatic nitrogens is 1. The highest BCUT2D eigenvalue weighted by Gasteiger charge is 1.98. The van der Waals surface area contributed by atoms with E-state index in [4.69, 9.17) is 0 Å². The van der Waals surface area contributed by atoms with Crippen molar-refractivity contribution in [2.24, 2.45) is 0 Å². The third kappa shape index (κ3) is 2.91. The van der Waals surface area contributed by atoms with E-state index in [1.54, 1.807) is 0 Å². The highest BCUT2D eigenvalue weighted by atomic mass is 14.8. The molecule has 3 rings (SSSR count). The third-order valence-electron chi connectivity index (χ3n) is 3.71. The van der Waals surface area contributed by atoms with Crippen molar-refractivity contribution in [1.29, 1.82) is 0 Å². The lowest BCUT2D eigenvalue weighted by molar-refractivity contribution is 0.693. The van der Waals surface area contributed by atoms with Crippen molar-refractivity contribution in [3.63, 3.8) is 0 Å². The fourth-order valence-corrected chi connectivity index (χ4v) is 2.45. The molecule has 0 aliphatic heterocycles. The Kier molecular flexibility index (Phi) is 3.84. The molecule has 2 aromatic carbocycles. The fraction of sp³-hybridized carbons (Fsp3) is 0.222. The zero-order valence-electron chi connectivity index (χ0n) is 11.8. The van der Waals surface area contributed by atoms with Gasteiger partial charge in [0.15, 0.2) is 0 Å². The van der Waals surface area contributed by atoms with E-state index in [9.17, 15) is 0 Å². The fourth-order valence-electron chi connectivity index (χ4n) is 2.45. The molecule has 0 aliphatic rings. The molecule has 3 aromatic rings. The second-order valence-electron chi connectivity index (χ2n) is 5.17. The number of aromatic amines is 1. The summed E-state index contributed by atoms with van der Waals surface area (Å²) in [5.41, 5.74) is 5.25. The molecule has 0 saturated carbocycles. The summed E-state index contributed by atoms with van der Waals surface area (Å²) in [6, 6.07) is 17.5. The molecule has 0 atom stereocenters. The number of nitrogens with one attached hydrogen (secondary N) is 2. The van der Waals surface area contributed by atoms with Crippen LogP contribution < -0.4 is 5.32 Å². The molecule has 0 spiro atoms. The largest absolute Gasteiger partial charge is 0.361 e. The van der Waals surface area contributed by atoms with E-state index < -0.39 is 0 Å². The molecular formula is C18H20N2. The Labute approximate surface area is 119 Å². The Hall–Kier alpha value is -2.06. The van der Waals surface area contributed by atoms with Gasteiger partial charge in [-0.25, -0.2) is 0 Å². The minimum absolute atomic E-state index is 0.893. The quantitative estimate of drug-likeness (QED) is 0.715. The highest BCUT2D eigenvalue weighted by molar-refractivity contribution is 5.79. The molecule has 0 radical (unpaired) electrons. The lowest BCUT2D eigenvalue weighted by Crippen LogP contribution is -2.12. The van der Waals surface area contributed by atoms with Gasteiger partial charge in [0, 0.05) is 24.8 Å². The van der Waals surface area contributed by atoms with Crippen LogP contribution in [0.3, 0.4) is 0 Å². The van der Waals surface area contributed by atoms with Crippen molar-refractivity contribution < 1.29 is 0 Å². The normalized spacial score (nSPS) is 11.1. The number of hydrogen-bond acceptors (Lipinski definition) is 1. The molecular weight excluding hydrogens is 244 g/mol. The second kappa shape index (κ2) is 5.93. The summed E-state index contributed by atoms with van der Waals surface area (Å²) in [7, 11) is 0. The van der Waals surface area contributed by atoms with Gasteiger partial charge in [0.1, 0.15) is 0 Å². The molecule has 20 heavy (non-hydrogen) atoms. The van der Waals surface area contributed by atoms with Crippen molar-refractivity contribution in [3.8, 4) is 0 Å². The van der Waals surface area contributed by atoms with Crippen LogP contribution in [0.15, 0.2) is 54.7 Å². The van der Waals surface area contributed by atoms with E-state index in [1.165, 1.54) is 27.6 Å². The van der Waals surface area contributed by atoms with E-state index in [1.807, 2.05) is 6.20 Å². The summed E-state index contributed by atoms with van der Waals surface area (Å²) < 4.78 is 0. The monoisotopic (exact) mass is 264 g/mol. The van der Waals surface area contributed by atoms with Crippen LogP contribution in [0.25, 0.3) is 10.9 Å². The van der Waals surface area contributed by atoms with E-state index in [0.717, 1.165) is 19.5 Å². The lowest BCUT2D eigenvalue weighted by atomic mass is 10.1. The Morgan fingerprint density at radius 3 is 2.35 bits per heavy atom. The van der Waals surface area contributed by atoms with Gasteiger partial charge in [-0.05, 0) is 40.6 Å². The van der Waals surface area contributed by atoms with E-state index in [-0.39, 0.29) is 0 Å². The van der Waals surface area contributed by atoms with Gasteiger partial charge in [-0.2, -0.15) is 0 Å². The SMILES string of the molecule is CCc1ccc(CNCc2ccc3cc[nH]c3c2)cc1. The summed E-state index contributed by atoms with van der Waals surface area (Å²) in [6.07, 6.45) is 3.08. The molecule has 102 valence electrons. The van der Waals surface area contributed by atoms with Gasteiger partial charge in [0.05, 0.1) is 0 Å². The van der Waals surface area contributed by atoms with E-state index >= 15 is 0 Å². The van der Waals surface area contributed by atoms with Gasteiger partial charge >= 0.3 is 0 Å². The van der Waals surface area contributed by atoms with Gasteiger partial charge in [0.2, 0.25) is 0 Å². The second-order valence-corrected chi connectivity index (χ2v) is 5.17. The first kappa shape index (κ1) is 12.9. The van der Waals surface area contributed by atoms with Crippen LogP contribution in [0.1, 0.15) is 23.6 Å². The topological polar surface area (TPSA) is 27.8 Å². The first-order chi connectivity index (χ1) is 9.85. The Balaban J connectivity index is 1.58. The average molecular weight is 264 g/mol. The first-order valence-corrected chi connectivity index (χ1v) is 7.19. The van der Waals surface area contributed by atoms with Crippen LogP contribution in [-0.2, 0) is 19.5 Å². The van der Waals surface area contributed by atoms with Gasteiger partial charge in [0.25, 0.3) is 0 Å². The van der Waals surface area contributed by atoms with Crippen LogP contribution >= 0.6 is 0 Å². The predicted molar refractivity (Wildman–Crippen MR) is 84.7 cm³/mol. The molecule has 1 aromatic heterocycles. The number of H-pyrrole nitrogens is 1. The van der Waals surface area contributed by atoms with Crippen molar-refractivity contribution in [2.75, 3.05) is 0 Å². The van der Waals surface area contributed by atoms with E-state index in [0.29, 0.717) is 0 Å². The number of hydrogen-bond donors (Lipinski definition) is 2. The van der Waals surface area contributed by atoms with Crippen molar-refractivity contribution in [1.82, 2.24) is 10.3 Å². The maximum Gasteiger partial charge on any atom is 0.0457 e. The number of benzene rings is 2. The Bertz CT molecular complexity index is 680. The molecule has 1 heterocycles.